The number of phenols is 1. The van der Waals surface area contributed by atoms with Gasteiger partial charge in [-0.3, -0.25) is 9.98 Å². The highest BCUT2D eigenvalue weighted by Gasteiger charge is 2.13. The van der Waals surface area contributed by atoms with Gasteiger partial charge in [0.05, 0.1) is 17.6 Å². The zero-order chi connectivity index (χ0) is 21.4. The van der Waals surface area contributed by atoms with Gasteiger partial charge >= 0.3 is 0 Å². The van der Waals surface area contributed by atoms with E-state index >= 15 is 0 Å². The summed E-state index contributed by atoms with van der Waals surface area (Å²) in [5, 5.41) is 19.1. The Morgan fingerprint density at radius 2 is 1.29 bits per heavy atom. The number of halogens is 1. The summed E-state index contributed by atoms with van der Waals surface area (Å²) in [6, 6.07) is 31.1. The summed E-state index contributed by atoms with van der Waals surface area (Å²) in [5.41, 5.74) is 6.32. The van der Waals surface area contributed by atoms with E-state index in [1.165, 1.54) is 0 Å². The number of phenolic OH excluding ortho intramolecular Hbond substituents is 1. The van der Waals surface area contributed by atoms with Crippen LogP contribution >= 0.6 is 11.6 Å². The molecule has 0 unspecified atom stereocenters. The Labute approximate surface area is 184 Å². The van der Waals surface area contributed by atoms with Gasteiger partial charge in [0.25, 0.3) is 0 Å². The summed E-state index contributed by atoms with van der Waals surface area (Å²) in [6.07, 6.45) is 0. The lowest BCUT2D eigenvalue weighted by Crippen LogP contribution is -2.24. The molecule has 0 saturated heterocycles. The van der Waals surface area contributed by atoms with Gasteiger partial charge in [-0.25, -0.2) is 0 Å². The number of para-hydroxylation sites is 2. The molecule has 152 valence electrons. The normalized spacial score (nSPS) is 11.1. The molecule has 31 heavy (non-hydrogen) atoms. The molecular formula is C26H20ClN3O. The molecule has 0 radical (unpaired) electrons. The Morgan fingerprint density at radius 1 is 0.710 bits per heavy atom. The van der Waals surface area contributed by atoms with E-state index in [9.17, 15) is 5.11 Å². The van der Waals surface area contributed by atoms with E-state index < -0.39 is 0 Å². The first-order chi connectivity index (χ1) is 15.1. The summed E-state index contributed by atoms with van der Waals surface area (Å²) in [6.45, 7) is 0.525. The zero-order valence-corrected chi connectivity index (χ0v) is 17.4. The minimum atomic E-state index is 0.251. The SMILES string of the molecule is N=c1n(Cc2ccccc2Cl)c2ccccc2n1-c1ccc(-c2ccc(O)cc2)cc1. The Hall–Kier alpha value is -3.76. The van der Waals surface area contributed by atoms with Crippen LogP contribution in [-0.4, -0.2) is 14.2 Å². The van der Waals surface area contributed by atoms with E-state index in [0.717, 1.165) is 33.4 Å². The fourth-order valence-electron chi connectivity index (χ4n) is 3.91. The van der Waals surface area contributed by atoms with Crippen LogP contribution in [0, 0.1) is 5.41 Å². The van der Waals surface area contributed by atoms with Crippen LogP contribution in [0.3, 0.4) is 0 Å². The van der Waals surface area contributed by atoms with E-state index in [1.54, 1.807) is 12.1 Å². The summed E-state index contributed by atoms with van der Waals surface area (Å²) >= 11 is 6.39. The van der Waals surface area contributed by atoms with Crippen molar-refractivity contribution in [2.24, 2.45) is 0 Å². The first-order valence-electron chi connectivity index (χ1n) is 10.00. The van der Waals surface area contributed by atoms with Gasteiger partial charge in [-0.15, -0.1) is 0 Å². The molecule has 4 nitrogen and oxygen atoms in total. The van der Waals surface area contributed by atoms with Gasteiger partial charge in [0, 0.05) is 10.7 Å². The maximum absolute atomic E-state index is 9.52. The molecule has 0 atom stereocenters. The summed E-state index contributed by atoms with van der Waals surface area (Å²) in [7, 11) is 0. The van der Waals surface area contributed by atoms with Crippen LogP contribution in [0.15, 0.2) is 97.1 Å². The number of rotatable bonds is 4. The van der Waals surface area contributed by atoms with E-state index in [1.807, 2.05) is 94.1 Å². The van der Waals surface area contributed by atoms with Crippen LogP contribution in [-0.2, 0) is 6.54 Å². The van der Waals surface area contributed by atoms with Crippen LogP contribution in [0.25, 0.3) is 27.8 Å². The van der Waals surface area contributed by atoms with Crippen molar-refractivity contribution in [3.05, 3.63) is 113 Å². The lowest BCUT2D eigenvalue weighted by Gasteiger charge is -2.08. The molecule has 0 amide bonds. The fraction of sp³-hybridized carbons (Fsp3) is 0.0385. The topological polar surface area (TPSA) is 53.9 Å². The molecule has 0 spiro atoms. The van der Waals surface area contributed by atoms with Crippen molar-refractivity contribution in [2.75, 3.05) is 0 Å². The predicted octanol–water partition coefficient (Wildman–Crippen LogP) is 5.99. The third-order valence-corrected chi connectivity index (χ3v) is 5.86. The van der Waals surface area contributed by atoms with Crippen LogP contribution < -0.4 is 5.62 Å². The Morgan fingerprint density at radius 3 is 1.97 bits per heavy atom. The molecule has 1 heterocycles. The maximum atomic E-state index is 9.52. The van der Waals surface area contributed by atoms with Crippen LogP contribution in [0.5, 0.6) is 5.75 Å². The van der Waals surface area contributed by atoms with Crippen LogP contribution in [0.4, 0.5) is 0 Å². The van der Waals surface area contributed by atoms with Gasteiger partial charge in [0.15, 0.2) is 0 Å². The van der Waals surface area contributed by atoms with Gasteiger partial charge in [0.1, 0.15) is 5.75 Å². The van der Waals surface area contributed by atoms with E-state index in [2.05, 4.69) is 0 Å². The molecule has 0 fully saturated rings. The highest BCUT2D eigenvalue weighted by Crippen LogP contribution is 2.25. The maximum Gasteiger partial charge on any atom is 0.208 e. The second-order valence-electron chi connectivity index (χ2n) is 7.42. The minimum absolute atomic E-state index is 0.251. The molecule has 5 heteroatoms. The molecule has 4 aromatic carbocycles. The Kier molecular flexibility index (Phi) is 4.85. The first-order valence-corrected chi connectivity index (χ1v) is 10.4. The second kappa shape index (κ2) is 7.82. The third kappa shape index (κ3) is 3.51. The standard InChI is InChI=1S/C26H20ClN3O/c27-23-6-2-1-5-20(23)17-29-24-7-3-4-8-25(24)30(26(29)28)21-13-9-18(10-14-21)19-11-15-22(31)16-12-19/h1-16,28,31H,17H2. The second-order valence-corrected chi connectivity index (χ2v) is 7.83. The fourth-order valence-corrected chi connectivity index (χ4v) is 4.10. The van der Waals surface area contributed by atoms with Gasteiger partial charge in [-0.05, 0) is 59.2 Å². The van der Waals surface area contributed by atoms with Gasteiger partial charge in [0.2, 0.25) is 5.62 Å². The molecule has 0 aliphatic carbocycles. The number of fused-ring (bicyclic) bond motifs is 1. The van der Waals surface area contributed by atoms with Gasteiger partial charge in [-0.2, -0.15) is 0 Å². The number of hydrogen-bond acceptors (Lipinski definition) is 2. The molecule has 5 aromatic rings. The summed E-state index contributed by atoms with van der Waals surface area (Å²) in [5.74, 6) is 0.251. The quantitative estimate of drug-likeness (QED) is 0.365. The zero-order valence-electron chi connectivity index (χ0n) is 16.7. The lowest BCUT2D eigenvalue weighted by atomic mass is 10.1. The molecule has 0 bridgehead atoms. The molecule has 0 aliphatic rings. The lowest BCUT2D eigenvalue weighted by molar-refractivity contribution is 0.475. The van der Waals surface area contributed by atoms with Crippen molar-refractivity contribution < 1.29 is 5.11 Å². The summed E-state index contributed by atoms with van der Waals surface area (Å²) < 4.78 is 3.93. The third-order valence-electron chi connectivity index (χ3n) is 5.49. The Balaban J connectivity index is 1.61. The molecule has 0 aliphatic heterocycles. The van der Waals surface area contributed by atoms with Crippen LogP contribution in [0.2, 0.25) is 5.02 Å². The average Bonchev–Trinajstić information content (AvgIpc) is 3.07. The molecule has 5 rings (SSSR count). The number of aromatic nitrogens is 2. The van der Waals surface area contributed by atoms with E-state index in [-0.39, 0.29) is 5.75 Å². The number of nitrogens with one attached hydrogen (secondary N) is 1. The number of hydrogen-bond donors (Lipinski definition) is 2. The van der Waals surface area contributed by atoms with Crippen molar-refractivity contribution in [3.8, 4) is 22.6 Å². The van der Waals surface area contributed by atoms with Crippen LogP contribution in [0.1, 0.15) is 5.56 Å². The van der Waals surface area contributed by atoms with E-state index in [0.29, 0.717) is 17.2 Å². The number of aromatic hydroxyl groups is 1. The Bertz CT molecular complexity index is 1430. The predicted molar refractivity (Wildman–Crippen MR) is 125 cm³/mol. The molecule has 2 N–H and O–H groups in total. The first kappa shape index (κ1) is 19.2. The average molecular weight is 426 g/mol. The highest BCUT2D eigenvalue weighted by molar-refractivity contribution is 6.31. The van der Waals surface area contributed by atoms with Crippen molar-refractivity contribution in [1.82, 2.24) is 9.13 Å². The van der Waals surface area contributed by atoms with Crippen molar-refractivity contribution in [1.29, 1.82) is 5.41 Å². The van der Waals surface area contributed by atoms with Crippen molar-refractivity contribution in [3.63, 3.8) is 0 Å². The summed E-state index contributed by atoms with van der Waals surface area (Å²) in [4.78, 5) is 0. The largest absolute Gasteiger partial charge is 0.508 e. The number of nitrogens with zero attached hydrogens (tertiary/aromatic N) is 2. The molecular weight excluding hydrogens is 406 g/mol. The molecule has 1 aromatic heterocycles. The van der Waals surface area contributed by atoms with Gasteiger partial charge in [-0.1, -0.05) is 66.2 Å². The minimum Gasteiger partial charge on any atom is -0.508 e. The number of imidazole rings is 1. The highest BCUT2D eigenvalue weighted by atomic mass is 35.5. The van der Waals surface area contributed by atoms with Crippen molar-refractivity contribution in [2.45, 2.75) is 6.54 Å². The van der Waals surface area contributed by atoms with Gasteiger partial charge < -0.3 is 9.67 Å². The van der Waals surface area contributed by atoms with E-state index in [4.69, 9.17) is 17.0 Å². The monoisotopic (exact) mass is 425 g/mol. The molecule has 0 saturated carbocycles. The van der Waals surface area contributed by atoms with Crippen molar-refractivity contribution >= 4 is 22.6 Å². The smallest absolute Gasteiger partial charge is 0.208 e. The number of benzene rings is 4.